The Hall–Kier alpha value is -2.85. The van der Waals surface area contributed by atoms with Crippen LogP contribution in [0.3, 0.4) is 0 Å². The summed E-state index contributed by atoms with van der Waals surface area (Å²) in [5, 5.41) is 2.24. The highest BCUT2D eigenvalue weighted by molar-refractivity contribution is 5.46. The van der Waals surface area contributed by atoms with Crippen molar-refractivity contribution >= 4 is 0 Å². The van der Waals surface area contributed by atoms with Crippen LogP contribution in [0.1, 0.15) is 16.7 Å². The van der Waals surface area contributed by atoms with Gasteiger partial charge in [-0.2, -0.15) is 0 Å². The Kier molecular flexibility index (Phi) is 6.01. The summed E-state index contributed by atoms with van der Waals surface area (Å²) in [6, 6.07) is 20.2. The monoisotopic (exact) mass is 335 g/mol. The van der Waals surface area contributed by atoms with Crippen molar-refractivity contribution in [2.45, 2.75) is 19.7 Å². The van der Waals surface area contributed by atoms with E-state index < -0.39 is 0 Å². The smallest absolute Gasteiger partial charge is 0.170 e. The molecule has 0 radical (unpaired) electrons. The van der Waals surface area contributed by atoms with Gasteiger partial charge in [0.15, 0.2) is 11.5 Å². The fourth-order valence-corrected chi connectivity index (χ4v) is 2.69. The second-order valence-electron chi connectivity index (χ2n) is 5.78. The van der Waals surface area contributed by atoms with Crippen LogP contribution in [0.25, 0.3) is 0 Å². The van der Waals surface area contributed by atoms with Crippen molar-refractivity contribution in [3.63, 3.8) is 0 Å². The van der Waals surface area contributed by atoms with E-state index in [4.69, 9.17) is 9.47 Å². The molecule has 1 heterocycles. The van der Waals surface area contributed by atoms with Gasteiger partial charge in [-0.25, -0.2) is 0 Å². The first-order chi connectivity index (χ1) is 12.4. The molecule has 3 aromatic rings. The molecule has 0 bridgehead atoms. The molecule has 0 aliphatic carbocycles. The zero-order chi connectivity index (χ0) is 17.3. The lowest BCUT2D eigenvalue weighted by molar-refractivity contribution is -0.686. The Balaban J connectivity index is 1.67. The summed E-state index contributed by atoms with van der Waals surface area (Å²) in [5.74, 6) is 1.58. The van der Waals surface area contributed by atoms with E-state index in [0.29, 0.717) is 6.61 Å². The van der Waals surface area contributed by atoms with E-state index in [1.54, 1.807) is 13.3 Å². The molecule has 0 unspecified atom stereocenters. The third-order valence-electron chi connectivity index (χ3n) is 3.97. The van der Waals surface area contributed by atoms with Crippen LogP contribution in [-0.2, 0) is 19.7 Å². The van der Waals surface area contributed by atoms with Crippen LogP contribution < -0.4 is 14.8 Å². The summed E-state index contributed by atoms with van der Waals surface area (Å²) < 4.78 is 11.6. The molecular weight excluding hydrogens is 312 g/mol. The van der Waals surface area contributed by atoms with E-state index in [9.17, 15) is 0 Å². The standard InChI is InChI=1S/C21H22N2O2/c1-24-20-11-5-10-19(15-23-14-18-9-6-12-22-13-18)21(20)25-16-17-7-3-2-4-8-17/h2-13,23H,14-16H2,1H3/p+1. The second-order valence-corrected chi connectivity index (χ2v) is 5.78. The van der Waals surface area contributed by atoms with Crippen LogP contribution in [0.15, 0.2) is 73.1 Å². The van der Waals surface area contributed by atoms with Crippen LogP contribution >= 0.6 is 0 Å². The molecule has 0 aliphatic rings. The van der Waals surface area contributed by atoms with Crippen LogP contribution in [0.5, 0.6) is 11.5 Å². The summed E-state index contributed by atoms with van der Waals surface area (Å²) in [6.07, 6.45) is 3.69. The van der Waals surface area contributed by atoms with Crippen molar-refractivity contribution in [1.82, 2.24) is 4.98 Å². The minimum atomic E-state index is 0.525. The summed E-state index contributed by atoms with van der Waals surface area (Å²) in [6.45, 7) is 2.22. The van der Waals surface area contributed by atoms with E-state index in [1.807, 2.05) is 42.6 Å². The SMILES string of the molecule is COc1cccc(C[NH2+]Cc2cccnc2)c1OCc1ccccc1. The number of aromatic nitrogens is 1. The first-order valence-electron chi connectivity index (χ1n) is 8.40. The van der Waals surface area contributed by atoms with E-state index in [-0.39, 0.29) is 0 Å². The largest absolute Gasteiger partial charge is 0.493 e. The number of nitrogens with two attached hydrogens (primary N) is 1. The van der Waals surface area contributed by atoms with Gasteiger partial charge in [-0.3, -0.25) is 4.98 Å². The quantitative estimate of drug-likeness (QED) is 0.688. The van der Waals surface area contributed by atoms with Gasteiger partial charge < -0.3 is 14.8 Å². The lowest BCUT2D eigenvalue weighted by Gasteiger charge is -2.14. The molecule has 0 fully saturated rings. The fraction of sp³-hybridized carbons (Fsp3) is 0.190. The zero-order valence-corrected chi connectivity index (χ0v) is 14.4. The maximum absolute atomic E-state index is 6.09. The van der Waals surface area contributed by atoms with Crippen molar-refractivity contribution in [1.29, 1.82) is 0 Å². The predicted molar refractivity (Wildman–Crippen MR) is 97.3 cm³/mol. The molecule has 3 rings (SSSR count). The molecule has 4 heteroatoms. The average molecular weight is 335 g/mol. The molecular formula is C21H23N2O2+. The zero-order valence-electron chi connectivity index (χ0n) is 14.4. The third-order valence-corrected chi connectivity index (χ3v) is 3.97. The minimum absolute atomic E-state index is 0.525. The highest BCUT2D eigenvalue weighted by Crippen LogP contribution is 2.31. The van der Waals surface area contributed by atoms with E-state index >= 15 is 0 Å². The molecule has 4 nitrogen and oxygen atoms in total. The Bertz CT molecular complexity index is 776. The van der Waals surface area contributed by atoms with Gasteiger partial charge in [0.1, 0.15) is 19.7 Å². The lowest BCUT2D eigenvalue weighted by Crippen LogP contribution is -2.80. The highest BCUT2D eigenvalue weighted by Gasteiger charge is 2.12. The number of rotatable bonds is 8. The van der Waals surface area contributed by atoms with Gasteiger partial charge in [-0.15, -0.1) is 0 Å². The molecule has 0 saturated heterocycles. The van der Waals surface area contributed by atoms with Crippen molar-refractivity contribution < 1.29 is 14.8 Å². The molecule has 0 atom stereocenters. The summed E-state index contributed by atoms with van der Waals surface area (Å²) in [7, 11) is 1.67. The molecule has 2 aromatic carbocycles. The first kappa shape index (κ1) is 17.0. The van der Waals surface area contributed by atoms with Gasteiger partial charge in [-0.1, -0.05) is 42.5 Å². The second kappa shape index (κ2) is 8.85. The van der Waals surface area contributed by atoms with Crippen LogP contribution in [0.2, 0.25) is 0 Å². The number of benzene rings is 2. The van der Waals surface area contributed by atoms with Crippen LogP contribution in [-0.4, -0.2) is 12.1 Å². The fourth-order valence-electron chi connectivity index (χ4n) is 2.69. The van der Waals surface area contributed by atoms with Gasteiger partial charge in [0.2, 0.25) is 0 Å². The number of nitrogens with zero attached hydrogens (tertiary/aromatic N) is 1. The van der Waals surface area contributed by atoms with Gasteiger partial charge in [-0.05, 0) is 23.8 Å². The number of hydrogen-bond donors (Lipinski definition) is 1. The van der Waals surface area contributed by atoms with Gasteiger partial charge >= 0.3 is 0 Å². The highest BCUT2D eigenvalue weighted by atomic mass is 16.5. The third kappa shape index (κ3) is 4.81. The topological polar surface area (TPSA) is 48.0 Å². The number of quaternary nitrogens is 1. The predicted octanol–water partition coefficient (Wildman–Crippen LogP) is 2.93. The maximum atomic E-state index is 6.09. The Morgan fingerprint density at radius 1 is 0.880 bits per heavy atom. The van der Waals surface area contributed by atoms with E-state index in [1.165, 1.54) is 5.56 Å². The Morgan fingerprint density at radius 3 is 2.48 bits per heavy atom. The Labute approximate surface area is 148 Å². The number of pyridine rings is 1. The normalized spacial score (nSPS) is 10.4. The molecule has 25 heavy (non-hydrogen) atoms. The number of hydrogen-bond acceptors (Lipinski definition) is 3. The lowest BCUT2D eigenvalue weighted by atomic mass is 10.1. The average Bonchev–Trinajstić information content (AvgIpc) is 2.68. The molecule has 0 saturated carbocycles. The minimum Gasteiger partial charge on any atom is -0.493 e. The summed E-state index contributed by atoms with van der Waals surface area (Å²) in [4.78, 5) is 4.15. The molecule has 1 aromatic heterocycles. The van der Waals surface area contributed by atoms with E-state index in [0.717, 1.165) is 35.7 Å². The van der Waals surface area contributed by atoms with Gasteiger partial charge in [0.05, 0.1) is 12.7 Å². The summed E-state index contributed by atoms with van der Waals surface area (Å²) in [5.41, 5.74) is 3.47. The van der Waals surface area contributed by atoms with Crippen molar-refractivity contribution in [2.24, 2.45) is 0 Å². The molecule has 0 spiro atoms. The first-order valence-corrected chi connectivity index (χ1v) is 8.40. The molecule has 2 N–H and O–H groups in total. The molecule has 0 aliphatic heterocycles. The molecule has 128 valence electrons. The molecule has 0 amide bonds. The van der Waals surface area contributed by atoms with Gasteiger partial charge in [0.25, 0.3) is 0 Å². The van der Waals surface area contributed by atoms with Crippen LogP contribution in [0.4, 0.5) is 0 Å². The number of methoxy groups -OCH3 is 1. The summed E-state index contributed by atoms with van der Waals surface area (Å²) >= 11 is 0. The van der Waals surface area contributed by atoms with Gasteiger partial charge in [0, 0.05) is 18.0 Å². The maximum Gasteiger partial charge on any atom is 0.170 e. The number of para-hydroxylation sites is 1. The number of ether oxygens (including phenoxy) is 2. The van der Waals surface area contributed by atoms with Crippen molar-refractivity contribution in [2.75, 3.05) is 7.11 Å². The van der Waals surface area contributed by atoms with Crippen LogP contribution in [0, 0.1) is 0 Å². The van der Waals surface area contributed by atoms with Crippen molar-refractivity contribution in [3.8, 4) is 11.5 Å². The van der Waals surface area contributed by atoms with E-state index in [2.05, 4.69) is 34.6 Å². The van der Waals surface area contributed by atoms with Crippen molar-refractivity contribution in [3.05, 3.63) is 89.7 Å². The Morgan fingerprint density at radius 2 is 1.72 bits per heavy atom.